The standard InChI is InChI=1S/C16H24N2O3/c1-12(2)9-14(19)10-17-15(20)11-18(3)16(21)13-7-5-4-6-8-13/h4-8,12,14,19H,9-11H2,1-3H3,(H,17,20). The number of carbonyl (C=O) groups excluding carboxylic acids is 2. The molecule has 1 aromatic carbocycles. The van der Waals surface area contributed by atoms with E-state index in [1.807, 2.05) is 19.9 Å². The van der Waals surface area contributed by atoms with Gasteiger partial charge < -0.3 is 15.3 Å². The van der Waals surface area contributed by atoms with Crippen molar-refractivity contribution in [3.05, 3.63) is 35.9 Å². The number of nitrogens with zero attached hydrogens (tertiary/aromatic N) is 1. The predicted molar refractivity (Wildman–Crippen MR) is 81.9 cm³/mol. The van der Waals surface area contributed by atoms with Crippen molar-refractivity contribution in [1.82, 2.24) is 10.2 Å². The summed E-state index contributed by atoms with van der Waals surface area (Å²) in [6.45, 7) is 4.21. The lowest BCUT2D eigenvalue weighted by Gasteiger charge is -2.18. The minimum atomic E-state index is -0.552. The second-order valence-electron chi connectivity index (χ2n) is 5.61. The summed E-state index contributed by atoms with van der Waals surface area (Å²) in [6, 6.07) is 8.82. The Kier molecular flexibility index (Phi) is 6.88. The van der Waals surface area contributed by atoms with Crippen LogP contribution in [0.4, 0.5) is 0 Å². The quantitative estimate of drug-likeness (QED) is 0.795. The summed E-state index contributed by atoms with van der Waals surface area (Å²) in [4.78, 5) is 25.2. The van der Waals surface area contributed by atoms with Crippen molar-refractivity contribution in [2.45, 2.75) is 26.4 Å². The smallest absolute Gasteiger partial charge is 0.254 e. The summed E-state index contributed by atoms with van der Waals surface area (Å²) >= 11 is 0. The second kappa shape index (κ2) is 8.42. The molecule has 0 bridgehead atoms. The first-order valence-electron chi connectivity index (χ1n) is 7.15. The molecule has 0 saturated heterocycles. The zero-order valence-electron chi connectivity index (χ0n) is 12.9. The molecule has 0 aliphatic heterocycles. The third kappa shape index (κ3) is 6.40. The van der Waals surface area contributed by atoms with Crippen LogP contribution in [0.1, 0.15) is 30.6 Å². The lowest BCUT2D eigenvalue weighted by atomic mass is 10.1. The average Bonchev–Trinajstić information content (AvgIpc) is 2.44. The molecule has 1 aromatic rings. The molecule has 1 atom stereocenters. The van der Waals surface area contributed by atoms with E-state index in [1.165, 1.54) is 4.90 Å². The molecule has 0 aliphatic carbocycles. The SMILES string of the molecule is CC(C)CC(O)CNC(=O)CN(C)C(=O)c1ccccc1. The topological polar surface area (TPSA) is 69.6 Å². The number of amides is 2. The number of aliphatic hydroxyl groups is 1. The summed E-state index contributed by atoms with van der Waals surface area (Å²) < 4.78 is 0. The third-order valence-electron chi connectivity index (χ3n) is 3.03. The molecule has 5 heteroatoms. The number of benzene rings is 1. The molecule has 1 unspecified atom stereocenters. The molecule has 0 spiro atoms. The van der Waals surface area contributed by atoms with Crippen molar-refractivity contribution in [1.29, 1.82) is 0 Å². The summed E-state index contributed by atoms with van der Waals surface area (Å²) in [5, 5.41) is 12.3. The summed E-state index contributed by atoms with van der Waals surface area (Å²) in [5.41, 5.74) is 0.549. The summed E-state index contributed by atoms with van der Waals surface area (Å²) in [5.74, 6) is -0.0997. The van der Waals surface area contributed by atoms with Gasteiger partial charge in [0, 0.05) is 19.2 Å². The third-order valence-corrected chi connectivity index (χ3v) is 3.03. The van der Waals surface area contributed by atoms with Crippen LogP contribution in [0.3, 0.4) is 0 Å². The van der Waals surface area contributed by atoms with Crippen molar-refractivity contribution in [2.75, 3.05) is 20.1 Å². The molecule has 2 N–H and O–H groups in total. The highest BCUT2D eigenvalue weighted by Crippen LogP contribution is 2.04. The highest BCUT2D eigenvalue weighted by molar-refractivity contribution is 5.96. The number of rotatable bonds is 7. The fourth-order valence-corrected chi connectivity index (χ4v) is 2.00. The van der Waals surface area contributed by atoms with Crippen LogP contribution in [-0.4, -0.2) is 48.1 Å². The molecule has 0 heterocycles. The Bertz CT molecular complexity index is 460. The maximum atomic E-state index is 12.1. The first-order valence-corrected chi connectivity index (χ1v) is 7.15. The van der Waals surface area contributed by atoms with Crippen LogP contribution in [-0.2, 0) is 4.79 Å². The molecule has 1 rings (SSSR count). The van der Waals surface area contributed by atoms with Crippen molar-refractivity contribution < 1.29 is 14.7 Å². The first kappa shape index (κ1) is 17.2. The molecule has 0 saturated carbocycles. The Balaban J connectivity index is 2.39. The fourth-order valence-electron chi connectivity index (χ4n) is 2.00. The van der Waals surface area contributed by atoms with Crippen LogP contribution in [0.25, 0.3) is 0 Å². The summed E-state index contributed by atoms with van der Waals surface area (Å²) in [6.07, 6.45) is 0.0862. The van der Waals surface area contributed by atoms with Gasteiger partial charge in [0.25, 0.3) is 5.91 Å². The molecule has 21 heavy (non-hydrogen) atoms. The Morgan fingerprint density at radius 2 is 1.86 bits per heavy atom. The van der Waals surface area contributed by atoms with Crippen LogP contribution < -0.4 is 5.32 Å². The van der Waals surface area contributed by atoms with Gasteiger partial charge in [0.1, 0.15) is 0 Å². The largest absolute Gasteiger partial charge is 0.391 e. The number of nitrogens with one attached hydrogen (secondary N) is 1. The number of hydrogen-bond donors (Lipinski definition) is 2. The highest BCUT2D eigenvalue weighted by atomic mass is 16.3. The molecular formula is C16H24N2O3. The minimum absolute atomic E-state index is 0.0257. The zero-order chi connectivity index (χ0) is 15.8. The van der Waals surface area contributed by atoms with Crippen LogP contribution in [0.5, 0.6) is 0 Å². The lowest BCUT2D eigenvalue weighted by Crippen LogP contribution is -2.41. The number of carbonyl (C=O) groups is 2. The van der Waals surface area contributed by atoms with Gasteiger partial charge >= 0.3 is 0 Å². The van der Waals surface area contributed by atoms with E-state index in [2.05, 4.69) is 5.32 Å². The number of hydrogen-bond acceptors (Lipinski definition) is 3. The van der Waals surface area contributed by atoms with Gasteiger partial charge in [0.15, 0.2) is 0 Å². The monoisotopic (exact) mass is 292 g/mol. The molecule has 116 valence electrons. The van der Waals surface area contributed by atoms with Crippen LogP contribution in [0.2, 0.25) is 0 Å². The molecule has 2 amide bonds. The van der Waals surface area contributed by atoms with E-state index in [0.717, 1.165) is 0 Å². The predicted octanol–water partition coefficient (Wildman–Crippen LogP) is 1.28. The van der Waals surface area contributed by atoms with Crippen LogP contribution in [0.15, 0.2) is 30.3 Å². The van der Waals surface area contributed by atoms with Crippen molar-refractivity contribution in [3.63, 3.8) is 0 Å². The normalized spacial score (nSPS) is 12.0. The Morgan fingerprint density at radius 3 is 2.43 bits per heavy atom. The van der Waals surface area contributed by atoms with Crippen LogP contribution in [0, 0.1) is 5.92 Å². The second-order valence-corrected chi connectivity index (χ2v) is 5.61. The Morgan fingerprint density at radius 1 is 1.24 bits per heavy atom. The lowest BCUT2D eigenvalue weighted by molar-refractivity contribution is -0.122. The van der Waals surface area contributed by atoms with E-state index < -0.39 is 6.10 Å². The number of likely N-dealkylation sites (N-methyl/N-ethyl adjacent to an activating group) is 1. The van der Waals surface area contributed by atoms with Crippen molar-refractivity contribution in [3.8, 4) is 0 Å². The number of aliphatic hydroxyl groups excluding tert-OH is 1. The maximum Gasteiger partial charge on any atom is 0.254 e. The molecule has 0 fully saturated rings. The Labute approximate surface area is 126 Å². The van der Waals surface area contributed by atoms with E-state index in [0.29, 0.717) is 17.9 Å². The van der Waals surface area contributed by atoms with Gasteiger partial charge in [-0.3, -0.25) is 9.59 Å². The molecular weight excluding hydrogens is 268 g/mol. The summed E-state index contributed by atoms with van der Waals surface area (Å²) in [7, 11) is 1.58. The average molecular weight is 292 g/mol. The van der Waals surface area contributed by atoms with Gasteiger partial charge in [-0.1, -0.05) is 32.0 Å². The van der Waals surface area contributed by atoms with Crippen molar-refractivity contribution >= 4 is 11.8 Å². The van der Waals surface area contributed by atoms with Gasteiger partial charge in [-0.25, -0.2) is 0 Å². The molecule has 0 aliphatic rings. The van der Waals surface area contributed by atoms with E-state index in [9.17, 15) is 14.7 Å². The maximum absolute atomic E-state index is 12.1. The van der Waals surface area contributed by atoms with E-state index >= 15 is 0 Å². The van der Waals surface area contributed by atoms with Gasteiger partial charge in [-0.05, 0) is 24.5 Å². The van der Waals surface area contributed by atoms with Gasteiger partial charge in [0.05, 0.1) is 12.6 Å². The van der Waals surface area contributed by atoms with Gasteiger partial charge in [-0.2, -0.15) is 0 Å². The molecule has 5 nitrogen and oxygen atoms in total. The van der Waals surface area contributed by atoms with Crippen LogP contribution >= 0.6 is 0 Å². The minimum Gasteiger partial charge on any atom is -0.391 e. The van der Waals surface area contributed by atoms with Crippen molar-refractivity contribution in [2.24, 2.45) is 5.92 Å². The first-order chi connectivity index (χ1) is 9.90. The van der Waals surface area contributed by atoms with E-state index in [1.54, 1.807) is 31.3 Å². The van der Waals surface area contributed by atoms with Gasteiger partial charge in [-0.15, -0.1) is 0 Å². The van der Waals surface area contributed by atoms with E-state index in [4.69, 9.17) is 0 Å². The Hall–Kier alpha value is -1.88. The van der Waals surface area contributed by atoms with Gasteiger partial charge in [0.2, 0.25) is 5.91 Å². The highest BCUT2D eigenvalue weighted by Gasteiger charge is 2.15. The molecule has 0 radical (unpaired) electrons. The van der Waals surface area contributed by atoms with E-state index in [-0.39, 0.29) is 24.9 Å². The molecule has 0 aromatic heterocycles. The zero-order valence-corrected chi connectivity index (χ0v) is 12.9. The fraction of sp³-hybridized carbons (Fsp3) is 0.500.